The van der Waals surface area contributed by atoms with E-state index in [9.17, 15) is 9.59 Å². The van der Waals surface area contributed by atoms with Gasteiger partial charge in [-0.05, 0) is 27.7 Å². The molecule has 0 aliphatic rings. The van der Waals surface area contributed by atoms with Gasteiger partial charge in [-0.3, -0.25) is 9.63 Å². The Morgan fingerprint density at radius 3 is 2.12 bits per heavy atom. The first-order valence-corrected chi connectivity index (χ1v) is 4.98. The third-order valence-corrected chi connectivity index (χ3v) is 1.69. The van der Waals surface area contributed by atoms with Crippen molar-refractivity contribution in [3.8, 4) is 0 Å². The molecule has 17 heavy (non-hydrogen) atoms. The minimum Gasteiger partial charge on any atom is -0.444 e. The predicted molar refractivity (Wildman–Crippen MR) is 69.0 cm³/mol. The summed E-state index contributed by atoms with van der Waals surface area (Å²) >= 11 is 0. The van der Waals surface area contributed by atoms with Crippen molar-refractivity contribution < 1.29 is 19.2 Å². The van der Waals surface area contributed by atoms with E-state index in [4.69, 9.17) is 9.57 Å². The molecule has 0 radical (unpaired) electrons. The Morgan fingerprint density at radius 2 is 1.76 bits per heavy atom. The highest BCUT2D eigenvalue weighted by Crippen LogP contribution is 2.06. The van der Waals surface area contributed by atoms with Crippen molar-refractivity contribution in [2.45, 2.75) is 39.3 Å². The summed E-state index contributed by atoms with van der Waals surface area (Å²) in [4.78, 5) is 27.6. The standard InChI is InChI=1S/C10H20N2O4.H2S/c1-7(8(13)12(5)15-6)11-9(14)16-10(2,3)4;/h7H,1-6H3,(H,11,14);1H2/t7-;/m0./s1. The van der Waals surface area contributed by atoms with Crippen molar-refractivity contribution in [2.24, 2.45) is 0 Å². The zero-order valence-electron chi connectivity index (χ0n) is 11.2. The molecule has 0 aliphatic carbocycles. The van der Waals surface area contributed by atoms with Gasteiger partial charge in [0.25, 0.3) is 5.91 Å². The summed E-state index contributed by atoms with van der Waals surface area (Å²) in [5, 5.41) is 3.46. The van der Waals surface area contributed by atoms with Crippen molar-refractivity contribution in [1.82, 2.24) is 10.4 Å². The second-order valence-electron chi connectivity index (χ2n) is 4.39. The molecule has 0 spiro atoms. The molecule has 102 valence electrons. The molecule has 0 saturated heterocycles. The molecule has 0 saturated carbocycles. The fourth-order valence-corrected chi connectivity index (χ4v) is 0.909. The van der Waals surface area contributed by atoms with Crippen molar-refractivity contribution in [2.75, 3.05) is 14.2 Å². The molecule has 0 unspecified atom stereocenters. The first-order chi connectivity index (χ1) is 7.17. The monoisotopic (exact) mass is 266 g/mol. The topological polar surface area (TPSA) is 67.9 Å². The molecule has 0 aromatic heterocycles. The van der Waals surface area contributed by atoms with Gasteiger partial charge >= 0.3 is 6.09 Å². The first-order valence-electron chi connectivity index (χ1n) is 4.98. The SMILES string of the molecule is CON(C)C(=O)[C@H](C)NC(=O)OC(C)(C)C.S. The summed E-state index contributed by atoms with van der Waals surface area (Å²) in [5.74, 6) is -0.353. The number of hydroxylamine groups is 2. The number of ether oxygens (including phenoxy) is 1. The van der Waals surface area contributed by atoms with Crippen LogP contribution in [0.3, 0.4) is 0 Å². The molecule has 1 atom stereocenters. The Labute approximate surface area is 109 Å². The van der Waals surface area contributed by atoms with Gasteiger partial charge in [0.2, 0.25) is 0 Å². The molecule has 0 aromatic carbocycles. The minimum absolute atomic E-state index is 0. The molecule has 6 nitrogen and oxygen atoms in total. The van der Waals surface area contributed by atoms with Crippen molar-refractivity contribution in [3.63, 3.8) is 0 Å². The third kappa shape index (κ3) is 7.87. The molecule has 0 aromatic rings. The number of carbonyl (C=O) groups excluding carboxylic acids is 2. The maximum atomic E-state index is 11.5. The summed E-state index contributed by atoms with van der Waals surface area (Å²) in [6, 6.07) is -0.695. The number of hydrogen-bond acceptors (Lipinski definition) is 4. The molecule has 0 fully saturated rings. The highest BCUT2D eigenvalue weighted by atomic mass is 32.1. The molecule has 7 heteroatoms. The number of rotatable bonds is 3. The molecular formula is C10H22N2O4S. The van der Waals surface area contributed by atoms with Crippen LogP contribution < -0.4 is 5.32 Å². The van der Waals surface area contributed by atoms with Crippen LogP contribution in [0.5, 0.6) is 0 Å². The number of hydrogen-bond donors (Lipinski definition) is 1. The van der Waals surface area contributed by atoms with Gasteiger partial charge in [-0.1, -0.05) is 0 Å². The van der Waals surface area contributed by atoms with Crippen LogP contribution >= 0.6 is 13.5 Å². The first kappa shape index (κ1) is 18.4. The number of likely N-dealkylation sites (N-methyl/N-ethyl adjacent to an activating group) is 1. The Bertz CT molecular complexity index is 266. The van der Waals surface area contributed by atoms with E-state index in [0.717, 1.165) is 5.06 Å². The number of carbonyl (C=O) groups is 2. The van der Waals surface area contributed by atoms with Gasteiger partial charge in [0.1, 0.15) is 11.6 Å². The Balaban J connectivity index is 0. The van der Waals surface area contributed by atoms with Gasteiger partial charge in [0.05, 0.1) is 7.11 Å². The fourth-order valence-electron chi connectivity index (χ4n) is 0.909. The lowest BCUT2D eigenvalue weighted by Gasteiger charge is -2.23. The third-order valence-electron chi connectivity index (χ3n) is 1.69. The average Bonchev–Trinajstić information content (AvgIpc) is 2.12. The lowest BCUT2D eigenvalue weighted by Crippen LogP contribution is -2.46. The summed E-state index contributed by atoms with van der Waals surface area (Å²) in [6.07, 6.45) is -0.627. The van der Waals surface area contributed by atoms with E-state index < -0.39 is 17.7 Å². The smallest absolute Gasteiger partial charge is 0.408 e. The van der Waals surface area contributed by atoms with Crippen LogP contribution in [-0.4, -0.2) is 42.9 Å². The highest BCUT2D eigenvalue weighted by Gasteiger charge is 2.22. The maximum Gasteiger partial charge on any atom is 0.408 e. The molecule has 0 heterocycles. The van der Waals surface area contributed by atoms with Crippen LogP contribution in [0.25, 0.3) is 0 Å². The van der Waals surface area contributed by atoms with E-state index in [1.807, 2.05) is 0 Å². The summed E-state index contributed by atoms with van der Waals surface area (Å²) in [5.41, 5.74) is -0.583. The number of nitrogens with one attached hydrogen (secondary N) is 1. The second kappa shape index (κ2) is 7.39. The zero-order valence-corrected chi connectivity index (χ0v) is 12.2. The normalized spacial score (nSPS) is 12.1. The lowest BCUT2D eigenvalue weighted by molar-refractivity contribution is -0.170. The predicted octanol–water partition coefficient (Wildman–Crippen LogP) is 1.03. The van der Waals surface area contributed by atoms with Crippen LogP contribution in [0.4, 0.5) is 4.79 Å². The number of nitrogens with zero attached hydrogens (tertiary/aromatic N) is 1. The Morgan fingerprint density at radius 1 is 1.29 bits per heavy atom. The van der Waals surface area contributed by atoms with E-state index in [-0.39, 0.29) is 19.4 Å². The Hall–Kier alpha value is -0.950. The maximum absolute atomic E-state index is 11.5. The summed E-state index contributed by atoms with van der Waals surface area (Å²) in [7, 11) is 2.84. The quantitative estimate of drug-likeness (QED) is 0.775. The lowest BCUT2D eigenvalue weighted by atomic mass is 10.2. The molecule has 0 bridgehead atoms. The molecule has 2 amide bonds. The number of amides is 2. The van der Waals surface area contributed by atoms with Crippen molar-refractivity contribution >= 4 is 25.5 Å². The molecular weight excluding hydrogens is 244 g/mol. The van der Waals surface area contributed by atoms with Gasteiger partial charge in [-0.2, -0.15) is 13.5 Å². The summed E-state index contributed by atoms with van der Waals surface area (Å²) in [6.45, 7) is 6.81. The minimum atomic E-state index is -0.695. The average molecular weight is 266 g/mol. The van der Waals surface area contributed by atoms with Crippen LogP contribution in [-0.2, 0) is 14.4 Å². The van der Waals surface area contributed by atoms with Crippen molar-refractivity contribution in [1.29, 1.82) is 0 Å². The van der Waals surface area contributed by atoms with Crippen LogP contribution in [0.2, 0.25) is 0 Å². The van der Waals surface area contributed by atoms with Gasteiger partial charge in [0, 0.05) is 7.05 Å². The fraction of sp³-hybridized carbons (Fsp3) is 0.800. The van der Waals surface area contributed by atoms with Crippen LogP contribution in [0.1, 0.15) is 27.7 Å². The van der Waals surface area contributed by atoms with E-state index >= 15 is 0 Å². The Kier molecular flexibility index (Phi) is 8.01. The van der Waals surface area contributed by atoms with Crippen LogP contribution in [0, 0.1) is 0 Å². The van der Waals surface area contributed by atoms with Crippen molar-refractivity contribution in [3.05, 3.63) is 0 Å². The van der Waals surface area contributed by atoms with E-state index in [2.05, 4.69) is 5.32 Å². The summed E-state index contributed by atoms with van der Waals surface area (Å²) < 4.78 is 5.01. The van der Waals surface area contributed by atoms with E-state index in [0.29, 0.717) is 0 Å². The van der Waals surface area contributed by atoms with Gasteiger partial charge in [-0.25, -0.2) is 9.86 Å². The highest BCUT2D eigenvalue weighted by molar-refractivity contribution is 7.59. The second-order valence-corrected chi connectivity index (χ2v) is 4.39. The van der Waals surface area contributed by atoms with E-state index in [1.165, 1.54) is 14.2 Å². The van der Waals surface area contributed by atoms with Gasteiger partial charge in [0.15, 0.2) is 0 Å². The van der Waals surface area contributed by atoms with Gasteiger partial charge in [-0.15, -0.1) is 0 Å². The van der Waals surface area contributed by atoms with Gasteiger partial charge < -0.3 is 10.1 Å². The number of alkyl carbamates (subject to hydrolysis) is 1. The largest absolute Gasteiger partial charge is 0.444 e. The van der Waals surface area contributed by atoms with E-state index in [1.54, 1.807) is 27.7 Å². The molecule has 1 N–H and O–H groups in total. The zero-order chi connectivity index (χ0) is 12.9. The molecule has 0 rings (SSSR count). The molecule has 0 aliphatic heterocycles. The van der Waals surface area contributed by atoms with Crippen LogP contribution in [0.15, 0.2) is 0 Å².